The molecule has 0 bridgehead atoms. The molecule has 2 N–H and O–H groups in total. The predicted molar refractivity (Wildman–Crippen MR) is 83.5 cm³/mol. The fraction of sp³-hybridized carbons (Fsp3) is 0.600. The number of unbranched alkanes of at least 4 members (excludes halogenated alkanes) is 2. The zero-order valence-electron chi connectivity index (χ0n) is 11.7. The van der Waals surface area contributed by atoms with Gasteiger partial charge in [-0.1, -0.05) is 49.9 Å². The van der Waals surface area contributed by atoms with E-state index in [4.69, 9.17) is 33.7 Å². The van der Waals surface area contributed by atoms with E-state index in [-0.39, 0.29) is 6.04 Å². The van der Waals surface area contributed by atoms with Crippen LogP contribution in [0.4, 0.5) is 0 Å². The van der Waals surface area contributed by atoms with Crippen molar-refractivity contribution in [2.75, 3.05) is 6.61 Å². The van der Waals surface area contributed by atoms with Crippen LogP contribution in [-0.2, 0) is 6.42 Å². The van der Waals surface area contributed by atoms with Crippen LogP contribution in [0.3, 0.4) is 0 Å². The Labute approximate surface area is 126 Å². The third-order valence-electron chi connectivity index (χ3n) is 3.09. The van der Waals surface area contributed by atoms with Crippen LogP contribution >= 0.6 is 23.2 Å². The molecule has 0 saturated carbocycles. The van der Waals surface area contributed by atoms with E-state index in [1.54, 1.807) is 6.07 Å². The molecule has 1 aromatic rings. The van der Waals surface area contributed by atoms with Gasteiger partial charge in [-0.2, -0.15) is 0 Å². The highest BCUT2D eigenvalue weighted by Gasteiger charge is 2.13. The van der Waals surface area contributed by atoms with Crippen molar-refractivity contribution >= 4 is 23.2 Å². The first-order chi connectivity index (χ1) is 9.08. The molecule has 0 aliphatic rings. The molecule has 0 saturated heterocycles. The van der Waals surface area contributed by atoms with Gasteiger partial charge in [-0.05, 0) is 37.0 Å². The van der Waals surface area contributed by atoms with Crippen molar-refractivity contribution in [2.24, 2.45) is 5.73 Å². The second-order valence-corrected chi connectivity index (χ2v) is 5.65. The molecule has 2 nitrogen and oxygen atoms in total. The van der Waals surface area contributed by atoms with Gasteiger partial charge in [-0.25, -0.2) is 0 Å². The number of nitrogens with two attached hydrogens (primary N) is 1. The number of benzene rings is 1. The van der Waals surface area contributed by atoms with Crippen molar-refractivity contribution in [2.45, 2.75) is 52.0 Å². The molecule has 0 fully saturated rings. The lowest BCUT2D eigenvalue weighted by Gasteiger charge is -2.16. The summed E-state index contributed by atoms with van der Waals surface area (Å²) in [7, 11) is 0. The third-order valence-corrected chi connectivity index (χ3v) is 3.59. The zero-order valence-corrected chi connectivity index (χ0v) is 13.2. The Balaban J connectivity index is 2.80. The van der Waals surface area contributed by atoms with E-state index >= 15 is 0 Å². The van der Waals surface area contributed by atoms with Gasteiger partial charge in [0, 0.05) is 11.1 Å². The molecule has 1 unspecified atom stereocenters. The molecule has 0 aromatic heterocycles. The van der Waals surface area contributed by atoms with Crippen molar-refractivity contribution < 1.29 is 4.74 Å². The van der Waals surface area contributed by atoms with Gasteiger partial charge in [0.1, 0.15) is 5.75 Å². The van der Waals surface area contributed by atoms with Crippen LogP contribution in [0.1, 0.15) is 45.1 Å². The van der Waals surface area contributed by atoms with Gasteiger partial charge in [-0.3, -0.25) is 0 Å². The van der Waals surface area contributed by atoms with Gasteiger partial charge >= 0.3 is 0 Å². The van der Waals surface area contributed by atoms with Crippen molar-refractivity contribution in [1.29, 1.82) is 0 Å². The second-order valence-electron chi connectivity index (χ2n) is 4.80. The zero-order chi connectivity index (χ0) is 14.3. The van der Waals surface area contributed by atoms with Crippen molar-refractivity contribution in [3.63, 3.8) is 0 Å². The number of hydrogen-bond acceptors (Lipinski definition) is 2. The molecule has 1 aromatic carbocycles. The Hall–Kier alpha value is -0.440. The van der Waals surface area contributed by atoms with E-state index in [0.717, 1.165) is 37.0 Å². The maximum atomic E-state index is 6.22. The van der Waals surface area contributed by atoms with E-state index in [0.29, 0.717) is 16.7 Å². The minimum Gasteiger partial charge on any atom is -0.492 e. The Morgan fingerprint density at radius 3 is 2.58 bits per heavy atom. The number of rotatable bonds is 8. The molecule has 0 spiro atoms. The maximum Gasteiger partial charge on any atom is 0.141 e. The number of hydrogen-bond donors (Lipinski definition) is 1. The van der Waals surface area contributed by atoms with E-state index in [1.807, 2.05) is 6.07 Å². The van der Waals surface area contributed by atoms with Crippen LogP contribution in [0.2, 0.25) is 10.0 Å². The Bertz CT molecular complexity index is 396. The van der Waals surface area contributed by atoms with Crippen molar-refractivity contribution in [3.8, 4) is 5.75 Å². The molecule has 19 heavy (non-hydrogen) atoms. The summed E-state index contributed by atoms with van der Waals surface area (Å²) in [6.45, 7) is 4.92. The lowest BCUT2D eigenvalue weighted by molar-refractivity contribution is 0.302. The SMILES string of the molecule is CCCCCOc1c(Cl)cc(Cl)cc1CC(N)CC. The van der Waals surface area contributed by atoms with E-state index in [1.165, 1.54) is 6.42 Å². The Kier molecular flexibility index (Phi) is 7.59. The molecular formula is C15H23Cl2NO. The summed E-state index contributed by atoms with van der Waals surface area (Å²) >= 11 is 12.3. The molecule has 0 heterocycles. The highest BCUT2D eigenvalue weighted by molar-refractivity contribution is 6.35. The average Bonchev–Trinajstić information content (AvgIpc) is 2.36. The second kappa shape index (κ2) is 8.68. The first kappa shape index (κ1) is 16.6. The lowest BCUT2D eigenvalue weighted by Crippen LogP contribution is -2.21. The quantitative estimate of drug-likeness (QED) is 0.697. The fourth-order valence-electron chi connectivity index (χ4n) is 1.88. The van der Waals surface area contributed by atoms with Crippen LogP contribution in [0.15, 0.2) is 12.1 Å². The fourth-order valence-corrected chi connectivity index (χ4v) is 2.47. The minimum atomic E-state index is 0.104. The molecule has 1 atom stereocenters. The lowest BCUT2D eigenvalue weighted by atomic mass is 10.0. The first-order valence-corrected chi connectivity index (χ1v) is 7.70. The van der Waals surface area contributed by atoms with Crippen molar-refractivity contribution in [3.05, 3.63) is 27.7 Å². The van der Waals surface area contributed by atoms with Gasteiger partial charge in [0.2, 0.25) is 0 Å². The highest BCUT2D eigenvalue weighted by Crippen LogP contribution is 2.33. The van der Waals surface area contributed by atoms with Crippen LogP contribution < -0.4 is 10.5 Å². The van der Waals surface area contributed by atoms with E-state index in [9.17, 15) is 0 Å². The van der Waals surface area contributed by atoms with Gasteiger partial charge in [0.25, 0.3) is 0 Å². The van der Waals surface area contributed by atoms with Gasteiger partial charge in [-0.15, -0.1) is 0 Å². The van der Waals surface area contributed by atoms with Crippen LogP contribution in [0, 0.1) is 0 Å². The Morgan fingerprint density at radius 1 is 1.21 bits per heavy atom. The summed E-state index contributed by atoms with van der Waals surface area (Å²) in [5, 5.41) is 1.20. The standard InChI is InChI=1S/C15H23Cl2NO/c1-3-5-6-7-19-15-11(9-13(18)4-2)8-12(16)10-14(15)17/h8,10,13H,3-7,9,18H2,1-2H3. The smallest absolute Gasteiger partial charge is 0.141 e. The molecule has 0 amide bonds. The molecule has 0 radical (unpaired) electrons. The largest absolute Gasteiger partial charge is 0.492 e. The molecule has 0 aliphatic heterocycles. The van der Waals surface area contributed by atoms with Gasteiger partial charge < -0.3 is 10.5 Å². The number of ether oxygens (including phenoxy) is 1. The van der Waals surface area contributed by atoms with E-state index < -0.39 is 0 Å². The molecular weight excluding hydrogens is 281 g/mol. The molecule has 0 aliphatic carbocycles. The average molecular weight is 304 g/mol. The summed E-state index contributed by atoms with van der Waals surface area (Å²) in [5.41, 5.74) is 7.01. The minimum absolute atomic E-state index is 0.104. The summed E-state index contributed by atoms with van der Waals surface area (Å²) in [6.07, 6.45) is 5.02. The molecule has 4 heteroatoms. The molecule has 1 rings (SSSR count). The summed E-state index contributed by atoms with van der Waals surface area (Å²) in [6, 6.07) is 3.73. The van der Waals surface area contributed by atoms with Crippen molar-refractivity contribution in [1.82, 2.24) is 0 Å². The van der Waals surface area contributed by atoms with E-state index in [2.05, 4.69) is 13.8 Å². The van der Waals surface area contributed by atoms with Crippen LogP contribution in [0.5, 0.6) is 5.75 Å². The number of halogens is 2. The monoisotopic (exact) mass is 303 g/mol. The maximum absolute atomic E-state index is 6.22. The van der Waals surface area contributed by atoms with Crippen LogP contribution in [0.25, 0.3) is 0 Å². The summed E-state index contributed by atoms with van der Waals surface area (Å²) in [5.74, 6) is 0.742. The topological polar surface area (TPSA) is 35.2 Å². The normalized spacial score (nSPS) is 12.5. The third kappa shape index (κ3) is 5.60. The Morgan fingerprint density at radius 2 is 1.95 bits per heavy atom. The predicted octanol–water partition coefficient (Wildman–Crippen LogP) is 4.84. The first-order valence-electron chi connectivity index (χ1n) is 6.94. The van der Waals surface area contributed by atoms with Crippen LogP contribution in [-0.4, -0.2) is 12.6 Å². The summed E-state index contributed by atoms with van der Waals surface area (Å²) < 4.78 is 5.82. The summed E-state index contributed by atoms with van der Waals surface area (Å²) in [4.78, 5) is 0. The van der Waals surface area contributed by atoms with Gasteiger partial charge in [0.15, 0.2) is 0 Å². The molecule has 108 valence electrons. The van der Waals surface area contributed by atoms with Gasteiger partial charge in [0.05, 0.1) is 11.6 Å². The highest BCUT2D eigenvalue weighted by atomic mass is 35.5.